The van der Waals surface area contributed by atoms with E-state index < -0.39 is 15.3 Å². The summed E-state index contributed by atoms with van der Waals surface area (Å²) >= 11 is 0. The Kier molecular flexibility index (Phi) is 6.35. The summed E-state index contributed by atoms with van der Waals surface area (Å²) in [4.78, 5) is 27.9. The van der Waals surface area contributed by atoms with Crippen molar-refractivity contribution in [3.63, 3.8) is 0 Å². The highest BCUT2D eigenvalue weighted by Gasteiger charge is 2.39. The summed E-state index contributed by atoms with van der Waals surface area (Å²) < 4.78 is 28.4. The van der Waals surface area contributed by atoms with Crippen LogP contribution in [0.5, 0.6) is 0 Å². The third-order valence-corrected chi connectivity index (χ3v) is 8.90. The van der Waals surface area contributed by atoms with Gasteiger partial charge in [-0.05, 0) is 43.0 Å². The Morgan fingerprint density at radius 3 is 2.34 bits per heavy atom. The van der Waals surface area contributed by atoms with E-state index in [4.69, 9.17) is 0 Å². The Labute approximate surface area is 189 Å². The molecule has 2 fully saturated rings. The highest BCUT2D eigenvalue weighted by Crippen LogP contribution is 2.38. The summed E-state index contributed by atoms with van der Waals surface area (Å²) in [6.07, 6.45) is 1.42. The topological polar surface area (TPSA) is 78.0 Å². The number of rotatable bonds is 4. The second kappa shape index (κ2) is 9.03. The van der Waals surface area contributed by atoms with Crippen LogP contribution in [0.4, 0.5) is 0 Å². The van der Waals surface area contributed by atoms with Crippen LogP contribution in [-0.2, 0) is 14.8 Å². The molecule has 0 N–H and O–H groups in total. The van der Waals surface area contributed by atoms with Crippen LogP contribution in [0.1, 0.15) is 52.5 Å². The van der Waals surface area contributed by atoms with Crippen LogP contribution in [0, 0.1) is 0 Å². The molecule has 2 atom stereocenters. The summed E-state index contributed by atoms with van der Waals surface area (Å²) in [6, 6.07) is 16.1. The van der Waals surface area contributed by atoms with Crippen LogP contribution < -0.4 is 0 Å². The van der Waals surface area contributed by atoms with Gasteiger partial charge >= 0.3 is 0 Å². The maximum absolute atomic E-state index is 13.4. The zero-order valence-corrected chi connectivity index (χ0v) is 19.3. The van der Waals surface area contributed by atoms with Gasteiger partial charge in [-0.3, -0.25) is 9.59 Å². The van der Waals surface area contributed by atoms with E-state index in [1.54, 1.807) is 33.3 Å². The van der Waals surface area contributed by atoms with Gasteiger partial charge in [0.05, 0.1) is 0 Å². The van der Waals surface area contributed by atoms with E-state index >= 15 is 0 Å². The van der Waals surface area contributed by atoms with Crippen molar-refractivity contribution in [1.29, 1.82) is 0 Å². The molecule has 8 heteroatoms. The van der Waals surface area contributed by atoms with Crippen LogP contribution in [-0.4, -0.2) is 67.6 Å². The van der Waals surface area contributed by atoms with E-state index in [1.165, 1.54) is 0 Å². The lowest BCUT2D eigenvalue weighted by Gasteiger charge is -2.36. The number of amides is 2. The summed E-state index contributed by atoms with van der Waals surface area (Å²) in [5.74, 6) is -0.251. The molecular formula is C24H29N3O4S. The van der Waals surface area contributed by atoms with Crippen molar-refractivity contribution in [3.05, 3.63) is 71.3 Å². The molecule has 2 unspecified atom stereocenters. The molecular weight excluding hydrogens is 426 g/mol. The van der Waals surface area contributed by atoms with Gasteiger partial charge in [-0.1, -0.05) is 42.5 Å². The van der Waals surface area contributed by atoms with Crippen LogP contribution in [0.3, 0.4) is 0 Å². The number of hydrogen-bond acceptors (Lipinski definition) is 4. The van der Waals surface area contributed by atoms with Gasteiger partial charge in [-0.15, -0.1) is 0 Å². The van der Waals surface area contributed by atoms with Crippen molar-refractivity contribution in [2.45, 2.75) is 31.1 Å². The van der Waals surface area contributed by atoms with Crippen molar-refractivity contribution >= 4 is 21.8 Å². The molecule has 2 heterocycles. The minimum absolute atomic E-state index is 0.0712. The van der Waals surface area contributed by atoms with Gasteiger partial charge in [-0.25, -0.2) is 8.42 Å². The molecule has 7 nitrogen and oxygen atoms in total. The largest absolute Gasteiger partial charge is 0.342 e. The smallest absolute Gasteiger partial charge is 0.254 e. The molecule has 0 aromatic heterocycles. The zero-order valence-electron chi connectivity index (χ0n) is 18.5. The highest BCUT2D eigenvalue weighted by atomic mass is 32.2. The van der Waals surface area contributed by atoms with Crippen LogP contribution in [0.2, 0.25) is 0 Å². The molecule has 32 heavy (non-hydrogen) atoms. The fourth-order valence-corrected chi connectivity index (χ4v) is 6.72. The Bertz CT molecular complexity index is 1090. The molecule has 0 aliphatic carbocycles. The fourth-order valence-electron chi connectivity index (χ4n) is 4.48. The van der Waals surface area contributed by atoms with Gasteiger partial charge in [-0.2, -0.15) is 4.31 Å². The number of hydrogen-bond donors (Lipinski definition) is 0. The standard InChI is InChI=1S/C24H29N3O4S/c1-18(27-14-6-9-22(32(27,30)31)20-7-4-3-5-8-20)19-10-12-21(13-11-19)24(29)26-16-15-25(2)23(28)17-26/h3-5,7-8,10-13,18,22H,6,9,14-17H2,1-2H3. The molecule has 2 aliphatic rings. The molecule has 0 saturated carbocycles. The molecule has 170 valence electrons. The fraction of sp³-hybridized carbons (Fsp3) is 0.417. The van der Waals surface area contributed by atoms with Crippen molar-refractivity contribution in [1.82, 2.24) is 14.1 Å². The SMILES string of the molecule is CC(c1ccc(C(=O)N2CCN(C)C(=O)C2)cc1)N1CCCC(c2ccccc2)S1(=O)=O. The summed E-state index contributed by atoms with van der Waals surface area (Å²) in [5, 5.41) is -0.532. The second-order valence-corrected chi connectivity index (χ2v) is 10.6. The van der Waals surface area contributed by atoms with Crippen molar-refractivity contribution in [2.75, 3.05) is 33.2 Å². The number of carbonyl (C=O) groups is 2. The minimum Gasteiger partial charge on any atom is -0.342 e. The molecule has 2 aromatic rings. The third-order valence-electron chi connectivity index (χ3n) is 6.52. The Morgan fingerprint density at radius 1 is 1.00 bits per heavy atom. The van der Waals surface area contributed by atoms with Crippen molar-refractivity contribution < 1.29 is 18.0 Å². The van der Waals surface area contributed by atoms with Gasteiger partial charge in [0.1, 0.15) is 11.8 Å². The summed E-state index contributed by atoms with van der Waals surface area (Å²) in [6.45, 7) is 3.49. The first-order valence-corrected chi connectivity index (χ1v) is 12.5. The quantitative estimate of drug-likeness (QED) is 0.710. The Morgan fingerprint density at radius 2 is 1.69 bits per heavy atom. The molecule has 4 rings (SSSR count). The Balaban J connectivity index is 1.50. The third kappa shape index (κ3) is 4.29. The number of likely N-dealkylation sites (N-methyl/N-ethyl adjacent to an activating group) is 1. The van der Waals surface area contributed by atoms with Crippen molar-refractivity contribution in [2.24, 2.45) is 0 Å². The molecule has 0 spiro atoms. The Hall–Kier alpha value is -2.71. The zero-order chi connectivity index (χ0) is 22.9. The van der Waals surface area contributed by atoms with Crippen LogP contribution in [0.15, 0.2) is 54.6 Å². The molecule has 0 bridgehead atoms. The second-order valence-electron chi connectivity index (χ2n) is 8.54. The van der Waals surface area contributed by atoms with Gasteiger partial charge in [0, 0.05) is 38.3 Å². The van der Waals surface area contributed by atoms with Crippen LogP contribution >= 0.6 is 0 Å². The first kappa shape index (κ1) is 22.5. The lowest BCUT2D eigenvalue weighted by atomic mass is 10.0. The van der Waals surface area contributed by atoms with E-state index in [9.17, 15) is 18.0 Å². The average Bonchev–Trinajstić information content (AvgIpc) is 2.80. The highest BCUT2D eigenvalue weighted by molar-refractivity contribution is 7.89. The van der Waals surface area contributed by atoms with Gasteiger partial charge < -0.3 is 9.80 Å². The number of carbonyl (C=O) groups excluding carboxylic acids is 2. The number of nitrogens with zero attached hydrogens (tertiary/aromatic N) is 3. The molecule has 2 aromatic carbocycles. The van der Waals surface area contributed by atoms with Gasteiger partial charge in [0.2, 0.25) is 15.9 Å². The molecule has 2 aliphatic heterocycles. The first-order chi connectivity index (χ1) is 15.3. The van der Waals surface area contributed by atoms with E-state index in [0.29, 0.717) is 31.6 Å². The van der Waals surface area contributed by atoms with E-state index in [2.05, 4.69) is 0 Å². The number of piperazine rings is 1. The predicted octanol–water partition coefficient (Wildman–Crippen LogP) is 2.83. The number of sulfonamides is 1. The van der Waals surface area contributed by atoms with E-state index in [1.807, 2.05) is 49.4 Å². The van der Waals surface area contributed by atoms with Crippen molar-refractivity contribution in [3.8, 4) is 0 Å². The molecule has 2 saturated heterocycles. The normalized spacial score (nSPS) is 22.6. The summed E-state index contributed by atoms with van der Waals surface area (Å²) in [5.41, 5.74) is 2.17. The number of benzene rings is 2. The molecule has 0 radical (unpaired) electrons. The van der Waals surface area contributed by atoms with E-state index in [-0.39, 0.29) is 24.4 Å². The van der Waals surface area contributed by atoms with Crippen LogP contribution in [0.25, 0.3) is 0 Å². The van der Waals surface area contributed by atoms with Gasteiger partial charge in [0.15, 0.2) is 0 Å². The minimum atomic E-state index is -3.50. The predicted molar refractivity (Wildman–Crippen MR) is 122 cm³/mol. The lowest BCUT2D eigenvalue weighted by molar-refractivity contribution is -0.133. The maximum atomic E-state index is 13.4. The van der Waals surface area contributed by atoms with Gasteiger partial charge in [0.25, 0.3) is 5.91 Å². The molecule has 2 amide bonds. The summed E-state index contributed by atoms with van der Waals surface area (Å²) in [7, 11) is -1.77. The average molecular weight is 456 g/mol. The monoisotopic (exact) mass is 455 g/mol. The lowest BCUT2D eigenvalue weighted by Crippen LogP contribution is -2.50. The first-order valence-electron chi connectivity index (χ1n) is 11.0. The maximum Gasteiger partial charge on any atom is 0.254 e. The van der Waals surface area contributed by atoms with E-state index in [0.717, 1.165) is 17.5 Å².